The van der Waals surface area contributed by atoms with Crippen LogP contribution in [-0.4, -0.2) is 25.2 Å². The normalized spacial score (nSPS) is 11.9. The molecule has 0 aromatic heterocycles. The molecule has 2 N–H and O–H groups in total. The number of carboxylic acids is 1. The zero-order chi connectivity index (χ0) is 14.5. The van der Waals surface area contributed by atoms with Crippen LogP contribution in [0.4, 0.5) is 5.69 Å². The quantitative estimate of drug-likeness (QED) is 0.784. The number of anilines is 1. The van der Waals surface area contributed by atoms with E-state index in [4.69, 9.17) is 5.11 Å². The molecule has 104 valence electrons. The van der Waals surface area contributed by atoms with Gasteiger partial charge in [-0.2, -0.15) is 0 Å². The molecule has 5 nitrogen and oxygen atoms in total. The second kappa shape index (κ2) is 6.38. The first kappa shape index (κ1) is 15.2. The van der Waals surface area contributed by atoms with Gasteiger partial charge in [-0.3, -0.25) is 4.72 Å². The van der Waals surface area contributed by atoms with Crippen LogP contribution in [-0.2, 0) is 14.8 Å². The van der Waals surface area contributed by atoms with Crippen LogP contribution >= 0.6 is 0 Å². The van der Waals surface area contributed by atoms with E-state index in [1.807, 2.05) is 13.8 Å². The van der Waals surface area contributed by atoms with E-state index in [9.17, 15) is 13.2 Å². The van der Waals surface area contributed by atoms with Crippen LogP contribution in [0, 0.1) is 5.92 Å². The summed E-state index contributed by atoms with van der Waals surface area (Å²) in [6.07, 6.45) is 2.41. The zero-order valence-corrected chi connectivity index (χ0v) is 11.6. The molecule has 0 fully saturated rings. The van der Waals surface area contributed by atoms with Gasteiger partial charge < -0.3 is 5.11 Å². The highest BCUT2D eigenvalue weighted by Gasteiger charge is 2.12. The molecule has 0 saturated heterocycles. The Labute approximate surface area is 113 Å². The highest BCUT2D eigenvalue weighted by Crippen LogP contribution is 2.14. The molecule has 0 aliphatic heterocycles. The fourth-order valence-electron chi connectivity index (χ4n) is 1.53. The zero-order valence-electron chi connectivity index (χ0n) is 10.8. The minimum absolute atomic E-state index is 0.0348. The molecule has 0 radical (unpaired) electrons. The first-order valence-corrected chi connectivity index (χ1v) is 7.45. The van der Waals surface area contributed by atoms with Gasteiger partial charge in [0.15, 0.2) is 0 Å². The van der Waals surface area contributed by atoms with Crippen molar-refractivity contribution in [2.24, 2.45) is 5.92 Å². The molecule has 1 rings (SSSR count). The monoisotopic (exact) mass is 283 g/mol. The molecule has 0 atom stereocenters. The number of hydrogen-bond acceptors (Lipinski definition) is 3. The van der Waals surface area contributed by atoms with Crippen molar-refractivity contribution in [2.75, 3.05) is 10.5 Å². The van der Waals surface area contributed by atoms with E-state index in [-0.39, 0.29) is 11.7 Å². The van der Waals surface area contributed by atoms with E-state index in [2.05, 4.69) is 4.72 Å². The molecule has 0 saturated carbocycles. The van der Waals surface area contributed by atoms with Crippen LogP contribution in [0.25, 0.3) is 6.08 Å². The third kappa shape index (κ3) is 6.05. The number of carboxylic acid groups (broad SMARTS) is 1. The molecule has 0 aliphatic carbocycles. The van der Waals surface area contributed by atoms with Gasteiger partial charge in [-0.15, -0.1) is 0 Å². The predicted molar refractivity (Wildman–Crippen MR) is 75.4 cm³/mol. The van der Waals surface area contributed by atoms with Crippen LogP contribution in [0.15, 0.2) is 30.3 Å². The summed E-state index contributed by atoms with van der Waals surface area (Å²) in [6, 6.07) is 6.56. The van der Waals surface area contributed by atoms with Crippen molar-refractivity contribution in [3.05, 3.63) is 35.9 Å². The number of hydrogen-bond donors (Lipinski definition) is 2. The van der Waals surface area contributed by atoms with Gasteiger partial charge in [0.25, 0.3) is 0 Å². The Morgan fingerprint density at radius 2 is 2.11 bits per heavy atom. The average molecular weight is 283 g/mol. The van der Waals surface area contributed by atoms with E-state index in [1.54, 1.807) is 24.3 Å². The number of aliphatic carboxylic acids is 1. The van der Waals surface area contributed by atoms with Gasteiger partial charge in [0, 0.05) is 11.8 Å². The predicted octanol–water partition coefficient (Wildman–Crippen LogP) is 2.18. The topological polar surface area (TPSA) is 83.5 Å². The molecular weight excluding hydrogens is 266 g/mol. The second-order valence-electron chi connectivity index (χ2n) is 4.57. The van der Waals surface area contributed by atoms with E-state index < -0.39 is 16.0 Å². The smallest absolute Gasteiger partial charge is 0.328 e. The molecule has 0 spiro atoms. The summed E-state index contributed by atoms with van der Waals surface area (Å²) >= 11 is 0. The second-order valence-corrected chi connectivity index (χ2v) is 6.34. The minimum atomic E-state index is -3.37. The van der Waals surface area contributed by atoms with Crippen molar-refractivity contribution in [1.82, 2.24) is 0 Å². The number of sulfonamides is 1. The molecule has 1 aromatic carbocycles. The molecule has 0 bridgehead atoms. The van der Waals surface area contributed by atoms with Crippen molar-refractivity contribution in [3.63, 3.8) is 0 Å². The van der Waals surface area contributed by atoms with Gasteiger partial charge in [0.05, 0.1) is 5.75 Å². The fourth-order valence-corrected chi connectivity index (χ4v) is 2.98. The Morgan fingerprint density at radius 3 is 2.68 bits per heavy atom. The lowest BCUT2D eigenvalue weighted by Crippen LogP contribution is -2.20. The van der Waals surface area contributed by atoms with Gasteiger partial charge in [0.1, 0.15) is 0 Å². The van der Waals surface area contributed by atoms with Crippen molar-refractivity contribution in [1.29, 1.82) is 0 Å². The number of rotatable bonds is 6. The Bertz CT molecular complexity index is 576. The Morgan fingerprint density at radius 1 is 1.42 bits per heavy atom. The molecule has 19 heavy (non-hydrogen) atoms. The summed E-state index contributed by atoms with van der Waals surface area (Å²) in [5.41, 5.74) is 1.04. The molecule has 0 aliphatic rings. The van der Waals surface area contributed by atoms with E-state index in [1.165, 1.54) is 6.08 Å². The number of nitrogens with one attached hydrogen (secondary N) is 1. The van der Waals surface area contributed by atoms with E-state index in [0.717, 1.165) is 6.08 Å². The fraction of sp³-hybridized carbons (Fsp3) is 0.308. The van der Waals surface area contributed by atoms with E-state index >= 15 is 0 Å². The molecule has 0 heterocycles. The lowest BCUT2D eigenvalue weighted by atomic mass is 10.2. The summed E-state index contributed by atoms with van der Waals surface area (Å²) in [5, 5.41) is 8.53. The van der Waals surface area contributed by atoms with E-state index in [0.29, 0.717) is 11.3 Å². The summed E-state index contributed by atoms with van der Waals surface area (Å²) in [7, 11) is -3.37. The lowest BCUT2D eigenvalue weighted by Gasteiger charge is -2.10. The maximum Gasteiger partial charge on any atom is 0.328 e. The highest BCUT2D eigenvalue weighted by atomic mass is 32.2. The van der Waals surface area contributed by atoms with Crippen LogP contribution in [0.3, 0.4) is 0 Å². The molecular formula is C13H17NO4S. The lowest BCUT2D eigenvalue weighted by molar-refractivity contribution is -0.131. The van der Waals surface area contributed by atoms with Gasteiger partial charge in [-0.25, -0.2) is 13.2 Å². The van der Waals surface area contributed by atoms with Crippen LogP contribution in [0.1, 0.15) is 19.4 Å². The highest BCUT2D eigenvalue weighted by molar-refractivity contribution is 7.92. The summed E-state index contributed by atoms with van der Waals surface area (Å²) in [6.45, 7) is 3.65. The summed E-state index contributed by atoms with van der Waals surface area (Å²) < 4.78 is 26.0. The van der Waals surface area contributed by atoms with Crippen molar-refractivity contribution in [3.8, 4) is 0 Å². The van der Waals surface area contributed by atoms with Crippen molar-refractivity contribution in [2.45, 2.75) is 13.8 Å². The maximum absolute atomic E-state index is 11.8. The Kier molecular flexibility index (Phi) is 5.11. The SMILES string of the molecule is CC(C)CS(=O)(=O)Nc1cccc(C=CC(=O)O)c1. The van der Waals surface area contributed by atoms with Crippen LogP contribution in [0.2, 0.25) is 0 Å². The largest absolute Gasteiger partial charge is 0.478 e. The summed E-state index contributed by atoms with van der Waals surface area (Å²) in [5.74, 6) is -0.972. The molecule has 0 unspecified atom stereocenters. The van der Waals surface area contributed by atoms with Crippen LogP contribution < -0.4 is 4.72 Å². The first-order valence-electron chi connectivity index (χ1n) is 5.80. The minimum Gasteiger partial charge on any atom is -0.478 e. The van der Waals surface area contributed by atoms with Gasteiger partial charge in [-0.05, 0) is 29.7 Å². The van der Waals surface area contributed by atoms with Crippen molar-refractivity contribution >= 4 is 27.8 Å². The average Bonchev–Trinajstić information content (AvgIpc) is 2.24. The van der Waals surface area contributed by atoms with Crippen LogP contribution in [0.5, 0.6) is 0 Å². The van der Waals surface area contributed by atoms with Gasteiger partial charge in [0.2, 0.25) is 10.0 Å². The Hall–Kier alpha value is -1.82. The third-order valence-corrected chi connectivity index (χ3v) is 3.78. The van der Waals surface area contributed by atoms with Gasteiger partial charge >= 0.3 is 5.97 Å². The van der Waals surface area contributed by atoms with Crippen molar-refractivity contribution < 1.29 is 18.3 Å². The van der Waals surface area contributed by atoms with Gasteiger partial charge in [-0.1, -0.05) is 26.0 Å². The molecule has 6 heteroatoms. The molecule has 0 amide bonds. The third-order valence-electron chi connectivity index (χ3n) is 2.13. The first-order chi connectivity index (χ1) is 8.78. The number of carbonyl (C=O) groups is 1. The standard InChI is InChI=1S/C13H17NO4S/c1-10(2)9-19(17,18)14-12-5-3-4-11(8-12)6-7-13(15)16/h3-8,10,14H,9H2,1-2H3,(H,15,16). The summed E-state index contributed by atoms with van der Waals surface area (Å²) in [4.78, 5) is 10.4. The maximum atomic E-state index is 11.8. The molecule has 1 aromatic rings. The number of benzene rings is 1. The Balaban J connectivity index is 2.86.